The molecule has 0 aliphatic heterocycles. The monoisotopic (exact) mass is 332 g/mol. The van der Waals surface area contributed by atoms with Crippen molar-refractivity contribution < 1.29 is 9.72 Å². The molecule has 0 bridgehead atoms. The number of hydrogen-bond donors (Lipinski definition) is 1. The molecule has 0 atom stereocenters. The summed E-state index contributed by atoms with van der Waals surface area (Å²) in [7, 11) is 0. The minimum atomic E-state index is -0.469. The first kappa shape index (κ1) is 17.0. The van der Waals surface area contributed by atoms with Crippen LogP contribution in [0.15, 0.2) is 48.5 Å². The van der Waals surface area contributed by atoms with Gasteiger partial charge in [0.1, 0.15) is 0 Å². The largest absolute Gasteiger partial charge is 0.356 e. The first-order valence-electron chi connectivity index (χ1n) is 7.29. The summed E-state index contributed by atoms with van der Waals surface area (Å²) >= 11 is 5.82. The van der Waals surface area contributed by atoms with Crippen molar-refractivity contribution in [2.75, 3.05) is 6.54 Å². The van der Waals surface area contributed by atoms with Crippen LogP contribution in [-0.4, -0.2) is 17.4 Å². The van der Waals surface area contributed by atoms with E-state index in [1.165, 1.54) is 6.07 Å². The predicted octanol–water partition coefficient (Wildman–Crippen LogP) is 3.54. The summed E-state index contributed by atoms with van der Waals surface area (Å²) in [5.41, 5.74) is 1.55. The van der Waals surface area contributed by atoms with Crippen LogP contribution >= 0.6 is 11.6 Å². The van der Waals surface area contributed by atoms with Gasteiger partial charge in [0, 0.05) is 23.2 Å². The number of rotatable bonds is 7. The smallest absolute Gasteiger partial charge is 0.273 e. The van der Waals surface area contributed by atoms with E-state index in [4.69, 9.17) is 11.6 Å². The Bertz CT molecular complexity index is 686. The Morgan fingerprint density at radius 2 is 1.83 bits per heavy atom. The number of para-hydroxylation sites is 1. The molecule has 0 aliphatic carbocycles. The third-order valence-electron chi connectivity index (χ3n) is 3.42. The molecular weight excluding hydrogens is 316 g/mol. The van der Waals surface area contributed by atoms with Crippen molar-refractivity contribution in [1.82, 2.24) is 5.32 Å². The standard InChI is InChI=1S/C17H17ClN2O3/c18-15-9-7-13(8-10-15)4-3-11-19-17(21)12-14-5-1-2-6-16(14)20(22)23/h1-2,5-10H,3-4,11-12H2,(H,19,21). The lowest BCUT2D eigenvalue weighted by Crippen LogP contribution is -2.26. The Morgan fingerprint density at radius 3 is 2.52 bits per heavy atom. The number of hydrogen-bond acceptors (Lipinski definition) is 3. The third kappa shape index (κ3) is 5.38. The second kappa shape index (κ2) is 8.29. The zero-order valence-electron chi connectivity index (χ0n) is 12.5. The SMILES string of the molecule is O=C(Cc1ccccc1[N+](=O)[O-])NCCCc1ccc(Cl)cc1. The quantitative estimate of drug-likeness (QED) is 0.479. The number of halogens is 1. The van der Waals surface area contributed by atoms with Crippen LogP contribution in [0.25, 0.3) is 0 Å². The van der Waals surface area contributed by atoms with Gasteiger partial charge in [-0.1, -0.05) is 41.9 Å². The summed E-state index contributed by atoms with van der Waals surface area (Å²) in [6.07, 6.45) is 1.64. The molecule has 1 N–H and O–H groups in total. The van der Waals surface area contributed by atoms with Crippen molar-refractivity contribution in [2.24, 2.45) is 0 Å². The van der Waals surface area contributed by atoms with Gasteiger partial charge >= 0.3 is 0 Å². The van der Waals surface area contributed by atoms with E-state index in [0.29, 0.717) is 17.1 Å². The molecule has 0 saturated heterocycles. The highest BCUT2D eigenvalue weighted by molar-refractivity contribution is 6.30. The topological polar surface area (TPSA) is 72.2 Å². The van der Waals surface area contributed by atoms with Gasteiger partial charge in [0.15, 0.2) is 0 Å². The maximum absolute atomic E-state index is 11.9. The molecular formula is C17H17ClN2O3. The highest BCUT2D eigenvalue weighted by Crippen LogP contribution is 2.18. The fourth-order valence-corrected chi connectivity index (χ4v) is 2.37. The normalized spacial score (nSPS) is 10.3. The number of nitro benzene ring substituents is 1. The number of carbonyl (C=O) groups is 1. The van der Waals surface area contributed by atoms with Gasteiger partial charge in [0.05, 0.1) is 11.3 Å². The van der Waals surface area contributed by atoms with E-state index in [-0.39, 0.29) is 18.0 Å². The molecule has 23 heavy (non-hydrogen) atoms. The van der Waals surface area contributed by atoms with Gasteiger partial charge in [-0.2, -0.15) is 0 Å². The van der Waals surface area contributed by atoms with Crippen LogP contribution in [0.1, 0.15) is 17.5 Å². The molecule has 0 radical (unpaired) electrons. The lowest BCUT2D eigenvalue weighted by molar-refractivity contribution is -0.385. The van der Waals surface area contributed by atoms with Crippen LogP contribution in [0, 0.1) is 10.1 Å². The molecule has 120 valence electrons. The molecule has 0 aliphatic rings. The average molecular weight is 333 g/mol. The first-order valence-corrected chi connectivity index (χ1v) is 7.67. The van der Waals surface area contributed by atoms with E-state index in [9.17, 15) is 14.9 Å². The molecule has 2 aromatic rings. The number of carbonyl (C=O) groups excluding carboxylic acids is 1. The van der Waals surface area contributed by atoms with E-state index in [1.807, 2.05) is 24.3 Å². The average Bonchev–Trinajstić information content (AvgIpc) is 2.53. The second-order valence-corrected chi connectivity index (χ2v) is 5.58. The summed E-state index contributed by atoms with van der Waals surface area (Å²) in [4.78, 5) is 22.3. The zero-order chi connectivity index (χ0) is 16.7. The maximum Gasteiger partial charge on any atom is 0.273 e. The number of nitrogens with one attached hydrogen (secondary N) is 1. The number of aryl methyl sites for hydroxylation is 1. The summed E-state index contributed by atoms with van der Waals surface area (Å²) < 4.78 is 0. The van der Waals surface area contributed by atoms with Gasteiger partial charge in [-0.15, -0.1) is 0 Å². The van der Waals surface area contributed by atoms with Crippen LogP contribution in [0.2, 0.25) is 5.02 Å². The molecule has 0 spiro atoms. The molecule has 6 heteroatoms. The molecule has 0 saturated carbocycles. The predicted molar refractivity (Wildman–Crippen MR) is 89.6 cm³/mol. The lowest BCUT2D eigenvalue weighted by Gasteiger charge is -2.06. The van der Waals surface area contributed by atoms with Gasteiger partial charge in [-0.3, -0.25) is 14.9 Å². The fourth-order valence-electron chi connectivity index (χ4n) is 2.25. The van der Waals surface area contributed by atoms with E-state index in [0.717, 1.165) is 18.4 Å². The van der Waals surface area contributed by atoms with Crippen molar-refractivity contribution >= 4 is 23.2 Å². The minimum absolute atomic E-state index is 0.0120. The van der Waals surface area contributed by atoms with Crippen LogP contribution < -0.4 is 5.32 Å². The molecule has 2 rings (SSSR count). The summed E-state index contributed by atoms with van der Waals surface area (Å²) in [6, 6.07) is 13.9. The molecule has 1 amide bonds. The Labute approximate surface area is 139 Å². The second-order valence-electron chi connectivity index (χ2n) is 5.14. The van der Waals surface area contributed by atoms with Crippen molar-refractivity contribution in [3.63, 3.8) is 0 Å². The zero-order valence-corrected chi connectivity index (χ0v) is 13.3. The van der Waals surface area contributed by atoms with Crippen molar-refractivity contribution in [3.8, 4) is 0 Å². The Hall–Kier alpha value is -2.40. The van der Waals surface area contributed by atoms with Crippen LogP contribution in [0.4, 0.5) is 5.69 Å². The Morgan fingerprint density at radius 1 is 1.13 bits per heavy atom. The van der Waals surface area contributed by atoms with E-state index in [2.05, 4.69) is 5.32 Å². The highest BCUT2D eigenvalue weighted by atomic mass is 35.5. The molecule has 5 nitrogen and oxygen atoms in total. The van der Waals surface area contributed by atoms with E-state index >= 15 is 0 Å². The number of nitro groups is 1. The van der Waals surface area contributed by atoms with Crippen molar-refractivity contribution in [2.45, 2.75) is 19.3 Å². The van der Waals surface area contributed by atoms with Crippen LogP contribution in [0.5, 0.6) is 0 Å². The highest BCUT2D eigenvalue weighted by Gasteiger charge is 2.14. The van der Waals surface area contributed by atoms with Crippen molar-refractivity contribution in [1.29, 1.82) is 0 Å². The fraction of sp³-hybridized carbons (Fsp3) is 0.235. The number of amides is 1. The van der Waals surface area contributed by atoms with E-state index < -0.39 is 4.92 Å². The van der Waals surface area contributed by atoms with Gasteiger partial charge in [-0.05, 0) is 30.5 Å². The third-order valence-corrected chi connectivity index (χ3v) is 3.67. The summed E-state index contributed by atoms with van der Waals surface area (Å²) in [6.45, 7) is 0.530. The van der Waals surface area contributed by atoms with Gasteiger partial charge in [0.25, 0.3) is 5.69 Å². The Balaban J connectivity index is 1.77. The molecule has 2 aromatic carbocycles. The van der Waals surface area contributed by atoms with Gasteiger partial charge in [0.2, 0.25) is 5.91 Å². The summed E-state index contributed by atoms with van der Waals surface area (Å²) in [5, 5.41) is 14.4. The molecule has 0 heterocycles. The van der Waals surface area contributed by atoms with Gasteiger partial charge in [-0.25, -0.2) is 0 Å². The number of nitrogens with zero attached hydrogens (tertiary/aromatic N) is 1. The molecule has 0 fully saturated rings. The van der Waals surface area contributed by atoms with Crippen LogP contribution in [-0.2, 0) is 17.6 Å². The van der Waals surface area contributed by atoms with Gasteiger partial charge < -0.3 is 5.32 Å². The maximum atomic E-state index is 11.9. The Kier molecular flexibility index (Phi) is 6.11. The first-order chi connectivity index (χ1) is 11.1. The number of benzene rings is 2. The molecule has 0 unspecified atom stereocenters. The lowest BCUT2D eigenvalue weighted by atomic mass is 10.1. The minimum Gasteiger partial charge on any atom is -0.356 e. The molecule has 0 aromatic heterocycles. The summed E-state index contributed by atoms with van der Waals surface area (Å²) in [5.74, 6) is -0.213. The van der Waals surface area contributed by atoms with E-state index in [1.54, 1.807) is 18.2 Å². The van der Waals surface area contributed by atoms with Crippen molar-refractivity contribution in [3.05, 3.63) is 74.8 Å². The van der Waals surface area contributed by atoms with Crippen LogP contribution in [0.3, 0.4) is 0 Å².